The number of carbonyl (C=O) groups is 1. The van der Waals surface area contributed by atoms with E-state index in [-0.39, 0.29) is 29.0 Å². The highest BCUT2D eigenvalue weighted by Gasteiger charge is 2.65. The monoisotopic (exact) mass is 401 g/mol. The molecule has 5 heteroatoms. The van der Waals surface area contributed by atoms with Gasteiger partial charge in [-0.05, 0) is 76.0 Å². The van der Waals surface area contributed by atoms with Gasteiger partial charge < -0.3 is 18.8 Å². The minimum absolute atomic E-state index is 0.00154. The molecule has 2 aliphatic carbocycles. The van der Waals surface area contributed by atoms with Gasteiger partial charge in [-0.2, -0.15) is 0 Å². The van der Waals surface area contributed by atoms with Gasteiger partial charge in [0.25, 0.3) is 0 Å². The lowest BCUT2D eigenvalue weighted by molar-refractivity contribution is -0.147. The third-order valence-electron chi connectivity index (χ3n) is 8.71. The number of hydrogen-bond donors (Lipinski definition) is 0. The summed E-state index contributed by atoms with van der Waals surface area (Å²) in [5.41, 5.74) is 0.393. The molecule has 2 saturated carbocycles. The lowest BCUT2D eigenvalue weighted by Crippen LogP contribution is -2.51. The van der Waals surface area contributed by atoms with Gasteiger partial charge in [0.1, 0.15) is 11.9 Å². The van der Waals surface area contributed by atoms with Gasteiger partial charge in [0.2, 0.25) is 0 Å². The molecule has 1 aromatic rings. The fourth-order valence-electron chi connectivity index (χ4n) is 6.68. The zero-order valence-electron chi connectivity index (χ0n) is 18.1. The summed E-state index contributed by atoms with van der Waals surface area (Å²) in [5.74, 6) is 1.99. The predicted molar refractivity (Wildman–Crippen MR) is 109 cm³/mol. The molecule has 3 heterocycles. The van der Waals surface area contributed by atoms with E-state index in [1.165, 1.54) is 19.3 Å². The Labute approximate surface area is 174 Å². The van der Waals surface area contributed by atoms with Crippen LogP contribution in [0.5, 0.6) is 0 Å². The molecule has 0 unspecified atom stereocenters. The number of hydrogen-bond acceptors (Lipinski definition) is 5. The SMILES string of the molecule is C[C@@H](CCc1ccco1)N(C)C[C@@H]1C(=O)O[C@@H]2C[C@@]3(C)CCC[C@]4(CO4)[C@H]3C[C@@H]12. The van der Waals surface area contributed by atoms with Crippen molar-refractivity contribution in [3.8, 4) is 0 Å². The zero-order chi connectivity index (χ0) is 20.2. The highest BCUT2D eigenvalue weighted by atomic mass is 16.6. The quantitative estimate of drug-likeness (QED) is 0.531. The number of nitrogens with zero attached hydrogens (tertiary/aromatic N) is 1. The number of fused-ring (bicyclic) bond motifs is 3. The standard InChI is InChI=1S/C24H35NO4/c1-16(7-8-17-6-4-11-27-17)25(3)14-19-18-12-21-23(2,13-20(18)29-22(19)26)9-5-10-24(21)15-28-24/h4,6,11,16,18-21H,5,7-10,12-15H2,1-3H3/t16-,18-,19-,20+,21-,23+,24-/m0/s1. The fourth-order valence-corrected chi connectivity index (χ4v) is 6.68. The van der Waals surface area contributed by atoms with Gasteiger partial charge in [0.15, 0.2) is 0 Å². The number of furan rings is 1. The van der Waals surface area contributed by atoms with Crippen molar-refractivity contribution in [2.45, 2.75) is 76.5 Å². The van der Waals surface area contributed by atoms with E-state index in [1.807, 2.05) is 12.1 Å². The molecule has 0 radical (unpaired) electrons. The van der Waals surface area contributed by atoms with Crippen LogP contribution in [-0.4, -0.2) is 48.8 Å². The molecule has 7 atom stereocenters. The van der Waals surface area contributed by atoms with Gasteiger partial charge in [0, 0.05) is 24.9 Å². The molecule has 2 saturated heterocycles. The van der Waals surface area contributed by atoms with Gasteiger partial charge in [-0.15, -0.1) is 0 Å². The van der Waals surface area contributed by atoms with Crippen LogP contribution >= 0.6 is 0 Å². The first kappa shape index (κ1) is 19.6. The second-order valence-electron chi connectivity index (χ2n) is 10.5. The maximum atomic E-state index is 12.8. The Bertz CT molecular complexity index is 742. The van der Waals surface area contributed by atoms with Crippen LogP contribution in [0.4, 0.5) is 0 Å². The van der Waals surface area contributed by atoms with Crippen molar-refractivity contribution in [1.82, 2.24) is 4.90 Å². The molecular weight excluding hydrogens is 366 g/mol. The zero-order valence-corrected chi connectivity index (χ0v) is 18.1. The molecule has 1 spiro atoms. The van der Waals surface area contributed by atoms with Crippen LogP contribution in [-0.2, 0) is 20.7 Å². The molecule has 1 aromatic heterocycles. The van der Waals surface area contributed by atoms with E-state index in [2.05, 4.69) is 25.8 Å². The van der Waals surface area contributed by atoms with E-state index >= 15 is 0 Å². The molecule has 0 N–H and O–H groups in total. The Morgan fingerprint density at radius 3 is 2.90 bits per heavy atom. The highest BCUT2D eigenvalue weighted by Crippen LogP contribution is 2.62. The van der Waals surface area contributed by atoms with Crippen molar-refractivity contribution < 1.29 is 18.7 Å². The van der Waals surface area contributed by atoms with Crippen LogP contribution in [0.15, 0.2) is 22.8 Å². The van der Waals surface area contributed by atoms with Crippen molar-refractivity contribution >= 4 is 5.97 Å². The van der Waals surface area contributed by atoms with Crippen LogP contribution in [0, 0.1) is 23.2 Å². The summed E-state index contributed by atoms with van der Waals surface area (Å²) in [6.45, 7) is 6.37. The van der Waals surface area contributed by atoms with E-state index in [0.29, 0.717) is 17.9 Å². The minimum atomic E-state index is -0.00154. The summed E-state index contributed by atoms with van der Waals surface area (Å²) in [5, 5.41) is 0. The van der Waals surface area contributed by atoms with Crippen LogP contribution in [0.1, 0.15) is 58.1 Å². The molecule has 4 fully saturated rings. The first-order valence-electron chi connectivity index (χ1n) is 11.5. The molecule has 5 rings (SSSR count). The van der Waals surface area contributed by atoms with E-state index in [1.54, 1.807) is 6.26 Å². The lowest BCUT2D eigenvalue weighted by Gasteiger charge is -2.51. The number of carbonyl (C=O) groups excluding carboxylic acids is 1. The normalized spacial score (nSPS) is 41.9. The van der Waals surface area contributed by atoms with Crippen LogP contribution in [0.2, 0.25) is 0 Å². The second-order valence-corrected chi connectivity index (χ2v) is 10.5. The molecule has 2 aliphatic heterocycles. The maximum absolute atomic E-state index is 12.8. The topological polar surface area (TPSA) is 55.2 Å². The Balaban J connectivity index is 1.24. The molecular formula is C24H35NO4. The number of ether oxygens (including phenoxy) is 2. The largest absolute Gasteiger partial charge is 0.469 e. The molecule has 0 bridgehead atoms. The smallest absolute Gasteiger partial charge is 0.310 e. The summed E-state index contributed by atoms with van der Waals surface area (Å²) in [7, 11) is 2.15. The van der Waals surface area contributed by atoms with Crippen molar-refractivity contribution in [3.05, 3.63) is 24.2 Å². The van der Waals surface area contributed by atoms with Crippen molar-refractivity contribution in [3.63, 3.8) is 0 Å². The summed E-state index contributed by atoms with van der Waals surface area (Å²) in [6.07, 6.45) is 9.60. The number of rotatable bonds is 6. The summed E-state index contributed by atoms with van der Waals surface area (Å²) in [6, 6.07) is 4.37. The fraction of sp³-hybridized carbons (Fsp3) is 0.792. The Kier molecular flexibility index (Phi) is 4.82. The number of esters is 1. The van der Waals surface area contributed by atoms with Gasteiger partial charge >= 0.3 is 5.97 Å². The number of aryl methyl sites for hydroxylation is 1. The van der Waals surface area contributed by atoms with Crippen LogP contribution in [0.3, 0.4) is 0 Å². The predicted octanol–water partition coefficient (Wildman–Crippen LogP) is 4.06. The first-order chi connectivity index (χ1) is 13.9. The molecule has 160 valence electrons. The lowest BCUT2D eigenvalue weighted by atomic mass is 9.53. The van der Waals surface area contributed by atoms with E-state index in [9.17, 15) is 4.79 Å². The highest BCUT2D eigenvalue weighted by molar-refractivity contribution is 5.75. The van der Waals surface area contributed by atoms with Gasteiger partial charge in [-0.25, -0.2) is 0 Å². The van der Waals surface area contributed by atoms with Gasteiger partial charge in [-0.1, -0.05) is 6.92 Å². The third-order valence-corrected chi connectivity index (χ3v) is 8.71. The summed E-state index contributed by atoms with van der Waals surface area (Å²) >= 11 is 0. The van der Waals surface area contributed by atoms with E-state index in [0.717, 1.165) is 44.6 Å². The van der Waals surface area contributed by atoms with E-state index in [4.69, 9.17) is 13.9 Å². The summed E-state index contributed by atoms with van der Waals surface area (Å²) in [4.78, 5) is 15.2. The third kappa shape index (κ3) is 3.44. The van der Waals surface area contributed by atoms with Crippen molar-refractivity contribution in [1.29, 1.82) is 0 Å². The van der Waals surface area contributed by atoms with Crippen LogP contribution < -0.4 is 0 Å². The molecule has 4 aliphatic rings. The Morgan fingerprint density at radius 1 is 1.34 bits per heavy atom. The molecule has 5 nitrogen and oxygen atoms in total. The first-order valence-corrected chi connectivity index (χ1v) is 11.5. The molecule has 29 heavy (non-hydrogen) atoms. The minimum Gasteiger partial charge on any atom is -0.469 e. The van der Waals surface area contributed by atoms with Crippen molar-refractivity contribution in [2.75, 3.05) is 20.2 Å². The molecule has 0 aromatic carbocycles. The Morgan fingerprint density at radius 2 is 2.17 bits per heavy atom. The van der Waals surface area contributed by atoms with Gasteiger partial charge in [-0.3, -0.25) is 4.79 Å². The van der Waals surface area contributed by atoms with E-state index < -0.39 is 0 Å². The van der Waals surface area contributed by atoms with Crippen LogP contribution in [0.25, 0.3) is 0 Å². The van der Waals surface area contributed by atoms with Gasteiger partial charge in [0.05, 0.1) is 24.4 Å². The average molecular weight is 402 g/mol. The molecule has 0 amide bonds. The maximum Gasteiger partial charge on any atom is 0.310 e. The Hall–Kier alpha value is -1.33. The van der Waals surface area contributed by atoms with Crippen molar-refractivity contribution in [2.24, 2.45) is 23.2 Å². The average Bonchev–Trinajstić information content (AvgIpc) is 3.13. The second kappa shape index (κ2) is 7.12. The summed E-state index contributed by atoms with van der Waals surface area (Å²) < 4.78 is 17.4. The number of epoxide rings is 1.